The number of carbonyl (C=O) groups excluding carboxylic acids is 2. The quantitative estimate of drug-likeness (QED) is 0.711. The van der Waals surface area contributed by atoms with Gasteiger partial charge in [0.15, 0.2) is 5.65 Å². The maximum atomic E-state index is 12.3. The second-order valence-corrected chi connectivity index (χ2v) is 7.59. The summed E-state index contributed by atoms with van der Waals surface area (Å²) in [6.07, 6.45) is 5.45. The molecule has 29 heavy (non-hydrogen) atoms. The SMILES string of the molecule is N#Cc1ccc(C[C@@H]2C[C@H]2c2cc(C3CNC(=O)NC3=O)nn3ccnc23)cc1. The van der Waals surface area contributed by atoms with E-state index in [0.717, 1.165) is 24.1 Å². The number of amides is 3. The van der Waals surface area contributed by atoms with E-state index in [4.69, 9.17) is 5.26 Å². The van der Waals surface area contributed by atoms with E-state index in [-0.39, 0.29) is 12.5 Å². The number of carbonyl (C=O) groups is 2. The molecule has 8 nitrogen and oxygen atoms in total. The minimum Gasteiger partial charge on any atom is -0.337 e. The molecule has 3 aromatic rings. The van der Waals surface area contributed by atoms with Crippen LogP contribution in [0, 0.1) is 17.2 Å². The largest absolute Gasteiger partial charge is 0.337 e. The third-order valence-electron chi connectivity index (χ3n) is 5.69. The second-order valence-electron chi connectivity index (χ2n) is 7.59. The van der Waals surface area contributed by atoms with Crippen LogP contribution in [-0.4, -0.2) is 33.1 Å². The van der Waals surface area contributed by atoms with E-state index in [1.54, 1.807) is 16.9 Å². The zero-order valence-electron chi connectivity index (χ0n) is 15.5. The molecular weight excluding hydrogens is 368 g/mol. The lowest BCUT2D eigenvalue weighted by atomic mass is 9.99. The van der Waals surface area contributed by atoms with Crippen LogP contribution in [0.25, 0.3) is 5.65 Å². The van der Waals surface area contributed by atoms with Crippen molar-refractivity contribution in [2.45, 2.75) is 24.7 Å². The molecule has 1 aromatic carbocycles. The maximum Gasteiger partial charge on any atom is 0.321 e. The van der Waals surface area contributed by atoms with Gasteiger partial charge in [-0.05, 0) is 48.4 Å². The minimum absolute atomic E-state index is 0.233. The number of nitriles is 1. The van der Waals surface area contributed by atoms with Crippen molar-refractivity contribution in [1.82, 2.24) is 25.2 Å². The first-order chi connectivity index (χ1) is 14.1. The third-order valence-corrected chi connectivity index (χ3v) is 5.69. The summed E-state index contributed by atoms with van der Waals surface area (Å²) in [6, 6.07) is 11.3. The average Bonchev–Trinajstić information content (AvgIpc) is 3.31. The number of urea groups is 1. The minimum atomic E-state index is -0.519. The third kappa shape index (κ3) is 3.21. The Morgan fingerprint density at radius 1 is 1.24 bits per heavy atom. The van der Waals surface area contributed by atoms with Crippen LogP contribution in [0.2, 0.25) is 0 Å². The lowest BCUT2D eigenvalue weighted by Gasteiger charge is -2.22. The molecule has 3 atom stereocenters. The highest BCUT2D eigenvalue weighted by Gasteiger charge is 2.41. The fraction of sp³-hybridized carbons (Fsp3) is 0.286. The van der Waals surface area contributed by atoms with Gasteiger partial charge in [0.05, 0.1) is 23.2 Å². The highest BCUT2D eigenvalue weighted by Crippen LogP contribution is 2.50. The van der Waals surface area contributed by atoms with Crippen LogP contribution >= 0.6 is 0 Å². The molecule has 2 N–H and O–H groups in total. The van der Waals surface area contributed by atoms with Gasteiger partial charge in [-0.2, -0.15) is 10.4 Å². The van der Waals surface area contributed by atoms with Gasteiger partial charge < -0.3 is 5.32 Å². The molecular formula is C21H18N6O2. The van der Waals surface area contributed by atoms with E-state index in [1.165, 1.54) is 5.56 Å². The second kappa shape index (κ2) is 6.71. The monoisotopic (exact) mass is 386 g/mol. The molecule has 8 heteroatoms. The Hall–Kier alpha value is -3.73. The number of hydrogen-bond donors (Lipinski definition) is 2. The molecule has 2 aromatic heterocycles. The number of imidazole rings is 1. The first kappa shape index (κ1) is 17.4. The Morgan fingerprint density at radius 3 is 2.83 bits per heavy atom. The molecule has 0 radical (unpaired) electrons. The number of nitrogens with zero attached hydrogens (tertiary/aromatic N) is 4. The van der Waals surface area contributed by atoms with E-state index >= 15 is 0 Å². The molecule has 1 aliphatic carbocycles. The lowest BCUT2D eigenvalue weighted by molar-refractivity contribution is -0.122. The normalized spacial score (nSPS) is 23.3. The van der Waals surface area contributed by atoms with E-state index in [2.05, 4.69) is 26.8 Å². The highest BCUT2D eigenvalue weighted by atomic mass is 16.2. The number of imide groups is 1. The van der Waals surface area contributed by atoms with Gasteiger partial charge in [0.1, 0.15) is 0 Å². The number of rotatable bonds is 4. The summed E-state index contributed by atoms with van der Waals surface area (Å²) in [6.45, 7) is 0.233. The molecule has 0 bridgehead atoms. The molecule has 5 rings (SSSR count). The van der Waals surface area contributed by atoms with Crippen molar-refractivity contribution in [3.8, 4) is 6.07 Å². The van der Waals surface area contributed by atoms with Gasteiger partial charge in [0.2, 0.25) is 5.91 Å². The van der Waals surface area contributed by atoms with E-state index in [0.29, 0.717) is 23.1 Å². The number of benzene rings is 1. The van der Waals surface area contributed by atoms with Crippen molar-refractivity contribution in [3.63, 3.8) is 0 Å². The summed E-state index contributed by atoms with van der Waals surface area (Å²) in [5, 5.41) is 18.5. The van der Waals surface area contributed by atoms with Crippen LogP contribution in [0.4, 0.5) is 4.79 Å². The van der Waals surface area contributed by atoms with Crippen molar-refractivity contribution in [2.24, 2.45) is 5.92 Å². The van der Waals surface area contributed by atoms with Gasteiger partial charge >= 0.3 is 6.03 Å². The first-order valence-electron chi connectivity index (χ1n) is 9.54. The Kier molecular flexibility index (Phi) is 4.02. The van der Waals surface area contributed by atoms with Crippen LogP contribution in [0.1, 0.15) is 40.6 Å². The van der Waals surface area contributed by atoms with Crippen molar-refractivity contribution in [3.05, 3.63) is 65.1 Å². The molecule has 1 saturated heterocycles. The van der Waals surface area contributed by atoms with Crippen LogP contribution in [0.5, 0.6) is 0 Å². The Balaban J connectivity index is 1.41. The molecule has 3 heterocycles. The first-order valence-corrected chi connectivity index (χ1v) is 9.54. The van der Waals surface area contributed by atoms with E-state index < -0.39 is 11.9 Å². The number of aromatic nitrogens is 3. The Labute approximate surface area is 166 Å². The number of nitrogens with one attached hydrogen (secondary N) is 2. The van der Waals surface area contributed by atoms with Gasteiger partial charge in [-0.15, -0.1) is 0 Å². The molecule has 1 unspecified atom stereocenters. The molecule has 2 aliphatic rings. The van der Waals surface area contributed by atoms with Crippen LogP contribution in [-0.2, 0) is 11.2 Å². The molecule has 3 amide bonds. The van der Waals surface area contributed by atoms with Crippen LogP contribution in [0.3, 0.4) is 0 Å². The summed E-state index contributed by atoms with van der Waals surface area (Å²) in [5.74, 6) is -0.0253. The van der Waals surface area contributed by atoms with Gasteiger partial charge in [-0.3, -0.25) is 10.1 Å². The number of hydrogen-bond acceptors (Lipinski definition) is 5. The van der Waals surface area contributed by atoms with Crippen molar-refractivity contribution in [1.29, 1.82) is 5.26 Å². The Morgan fingerprint density at radius 2 is 2.07 bits per heavy atom. The lowest BCUT2D eigenvalue weighted by Crippen LogP contribution is -2.51. The van der Waals surface area contributed by atoms with E-state index in [9.17, 15) is 9.59 Å². The van der Waals surface area contributed by atoms with Gasteiger partial charge in [0.25, 0.3) is 0 Å². The van der Waals surface area contributed by atoms with Gasteiger partial charge in [-0.1, -0.05) is 12.1 Å². The van der Waals surface area contributed by atoms with Crippen molar-refractivity contribution in [2.75, 3.05) is 6.54 Å². The summed E-state index contributed by atoms with van der Waals surface area (Å²) in [4.78, 5) is 28.1. The fourth-order valence-electron chi connectivity index (χ4n) is 4.05. The van der Waals surface area contributed by atoms with Gasteiger partial charge in [0, 0.05) is 24.5 Å². The standard InChI is InChI=1S/C21H18N6O2/c22-10-13-3-1-12(2-4-13)7-14-8-15(14)16-9-18(26-27-6-5-23-19(16)27)17-11-24-21(29)25-20(17)28/h1-6,9,14-15,17H,7-8,11H2,(H2,24,25,28,29)/t14-,15-,17?/m1/s1. The summed E-state index contributed by atoms with van der Waals surface area (Å²) in [7, 11) is 0. The predicted molar refractivity (Wildman–Crippen MR) is 103 cm³/mol. The summed E-state index contributed by atoms with van der Waals surface area (Å²) in [5.41, 5.74) is 4.40. The summed E-state index contributed by atoms with van der Waals surface area (Å²) >= 11 is 0. The smallest absolute Gasteiger partial charge is 0.321 e. The zero-order valence-corrected chi connectivity index (χ0v) is 15.5. The Bertz CT molecular complexity index is 1160. The predicted octanol–water partition coefficient (Wildman–Crippen LogP) is 1.87. The summed E-state index contributed by atoms with van der Waals surface area (Å²) < 4.78 is 1.71. The van der Waals surface area contributed by atoms with Crippen molar-refractivity contribution < 1.29 is 9.59 Å². The molecule has 144 valence electrons. The molecule has 1 aliphatic heterocycles. The fourth-order valence-corrected chi connectivity index (χ4v) is 4.05. The van der Waals surface area contributed by atoms with Crippen LogP contribution < -0.4 is 10.6 Å². The highest BCUT2D eigenvalue weighted by molar-refractivity contribution is 6.00. The zero-order chi connectivity index (χ0) is 20.0. The van der Waals surface area contributed by atoms with Gasteiger partial charge in [-0.25, -0.2) is 14.3 Å². The van der Waals surface area contributed by atoms with E-state index in [1.807, 2.05) is 30.3 Å². The van der Waals surface area contributed by atoms with Crippen molar-refractivity contribution >= 4 is 17.6 Å². The maximum absolute atomic E-state index is 12.3. The topological polar surface area (TPSA) is 112 Å². The molecule has 0 spiro atoms. The van der Waals surface area contributed by atoms with Crippen LogP contribution in [0.15, 0.2) is 42.7 Å². The number of fused-ring (bicyclic) bond motifs is 1. The average molecular weight is 386 g/mol. The molecule has 1 saturated carbocycles. The molecule has 2 fully saturated rings.